The molecular formula is C20H31N5O. The topological polar surface area (TPSA) is 44.1 Å². The lowest BCUT2D eigenvalue weighted by atomic mass is 10.2. The molecule has 0 spiro atoms. The molecule has 6 heteroatoms. The summed E-state index contributed by atoms with van der Waals surface area (Å²) in [7, 11) is 0. The van der Waals surface area contributed by atoms with Gasteiger partial charge in [0.25, 0.3) is 0 Å². The molecule has 6 nitrogen and oxygen atoms in total. The van der Waals surface area contributed by atoms with Crippen LogP contribution in [0.4, 0.5) is 0 Å². The fraction of sp³-hybridized carbons (Fsp3) is 0.600. The van der Waals surface area contributed by atoms with E-state index in [1.165, 1.54) is 0 Å². The number of amides is 1. The number of pyridine rings is 1. The molecule has 3 heterocycles. The molecule has 2 aromatic heterocycles. The second-order valence-electron chi connectivity index (χ2n) is 7.74. The van der Waals surface area contributed by atoms with Gasteiger partial charge in [0.2, 0.25) is 5.91 Å². The molecule has 0 aromatic carbocycles. The van der Waals surface area contributed by atoms with Crippen LogP contribution in [0.15, 0.2) is 30.6 Å². The fourth-order valence-corrected chi connectivity index (χ4v) is 3.84. The SMILES string of the molecule is CC(C)N(C(=O)CN1CCN(Cc2cn3ccccc3n2)CC1)C(C)C. The summed E-state index contributed by atoms with van der Waals surface area (Å²) in [4.78, 5) is 24.0. The number of aromatic nitrogens is 2. The summed E-state index contributed by atoms with van der Waals surface area (Å²) in [5.41, 5.74) is 2.10. The monoisotopic (exact) mass is 357 g/mol. The molecule has 1 fully saturated rings. The third kappa shape index (κ3) is 4.43. The standard InChI is InChI=1S/C20H31N5O/c1-16(2)25(17(3)4)20(26)15-23-11-9-22(10-12-23)13-18-14-24-8-6-5-7-19(24)21-18/h5-8,14,16-17H,9-13,15H2,1-4H3. The largest absolute Gasteiger partial charge is 0.337 e. The van der Waals surface area contributed by atoms with Gasteiger partial charge in [-0.15, -0.1) is 0 Å². The van der Waals surface area contributed by atoms with Crippen molar-refractivity contribution in [3.63, 3.8) is 0 Å². The van der Waals surface area contributed by atoms with E-state index in [1.807, 2.05) is 29.3 Å². The maximum Gasteiger partial charge on any atom is 0.237 e. The van der Waals surface area contributed by atoms with E-state index < -0.39 is 0 Å². The van der Waals surface area contributed by atoms with E-state index in [0.717, 1.165) is 44.1 Å². The Morgan fingerprint density at radius 3 is 2.35 bits per heavy atom. The summed E-state index contributed by atoms with van der Waals surface area (Å²) >= 11 is 0. The highest BCUT2D eigenvalue weighted by atomic mass is 16.2. The molecular weight excluding hydrogens is 326 g/mol. The van der Waals surface area contributed by atoms with Gasteiger partial charge in [-0.3, -0.25) is 14.6 Å². The van der Waals surface area contributed by atoms with Crippen LogP contribution in [0.1, 0.15) is 33.4 Å². The Morgan fingerprint density at radius 1 is 1.08 bits per heavy atom. The fourth-order valence-electron chi connectivity index (χ4n) is 3.84. The maximum absolute atomic E-state index is 12.6. The van der Waals surface area contributed by atoms with E-state index in [2.05, 4.69) is 53.1 Å². The Hall–Kier alpha value is -1.92. The summed E-state index contributed by atoms with van der Waals surface area (Å²) in [5, 5.41) is 0. The first kappa shape index (κ1) is 18.9. The molecule has 1 saturated heterocycles. The first-order valence-electron chi connectivity index (χ1n) is 9.62. The number of imidazole rings is 1. The normalized spacial score (nSPS) is 16.7. The number of piperazine rings is 1. The zero-order valence-electron chi connectivity index (χ0n) is 16.4. The van der Waals surface area contributed by atoms with Crippen molar-refractivity contribution in [2.75, 3.05) is 32.7 Å². The van der Waals surface area contributed by atoms with Crippen molar-refractivity contribution in [1.29, 1.82) is 0 Å². The quantitative estimate of drug-likeness (QED) is 0.794. The number of hydrogen-bond acceptors (Lipinski definition) is 4. The van der Waals surface area contributed by atoms with Gasteiger partial charge in [0.1, 0.15) is 5.65 Å². The lowest BCUT2D eigenvalue weighted by Crippen LogP contribution is -2.52. The molecule has 1 aliphatic heterocycles. The van der Waals surface area contributed by atoms with Crippen molar-refractivity contribution >= 4 is 11.6 Å². The summed E-state index contributed by atoms with van der Waals surface area (Å²) in [5.74, 6) is 0.240. The van der Waals surface area contributed by atoms with Crippen LogP contribution in [0.2, 0.25) is 0 Å². The van der Waals surface area contributed by atoms with Gasteiger partial charge in [-0.1, -0.05) is 6.07 Å². The lowest BCUT2D eigenvalue weighted by Gasteiger charge is -2.37. The summed E-state index contributed by atoms with van der Waals surface area (Å²) in [6.45, 7) is 13.6. The third-order valence-corrected chi connectivity index (χ3v) is 5.02. The second-order valence-corrected chi connectivity index (χ2v) is 7.74. The van der Waals surface area contributed by atoms with E-state index in [0.29, 0.717) is 6.54 Å². The van der Waals surface area contributed by atoms with Crippen LogP contribution >= 0.6 is 0 Å². The number of carbonyl (C=O) groups is 1. The Balaban J connectivity index is 1.50. The predicted octanol–water partition coefficient (Wildman–Crippen LogP) is 2.10. The predicted molar refractivity (Wildman–Crippen MR) is 104 cm³/mol. The number of carbonyl (C=O) groups excluding carboxylic acids is 1. The molecule has 0 atom stereocenters. The molecule has 0 saturated carbocycles. The minimum Gasteiger partial charge on any atom is -0.337 e. The average Bonchev–Trinajstić information content (AvgIpc) is 2.98. The molecule has 0 radical (unpaired) electrons. The minimum absolute atomic E-state index is 0.240. The highest BCUT2D eigenvalue weighted by Gasteiger charge is 2.24. The van der Waals surface area contributed by atoms with Gasteiger partial charge in [0.05, 0.1) is 12.2 Å². The summed E-state index contributed by atoms with van der Waals surface area (Å²) in [6, 6.07) is 6.56. The smallest absolute Gasteiger partial charge is 0.237 e. The molecule has 0 unspecified atom stereocenters. The molecule has 1 aliphatic rings. The number of fused-ring (bicyclic) bond motifs is 1. The maximum atomic E-state index is 12.6. The first-order valence-corrected chi connectivity index (χ1v) is 9.62. The van der Waals surface area contributed by atoms with Crippen molar-refractivity contribution < 1.29 is 4.79 Å². The van der Waals surface area contributed by atoms with E-state index in [9.17, 15) is 4.79 Å². The molecule has 142 valence electrons. The summed E-state index contributed by atoms with van der Waals surface area (Å²) < 4.78 is 2.07. The number of rotatable bonds is 6. The molecule has 0 aliphatic carbocycles. The Labute approximate surface area is 156 Å². The van der Waals surface area contributed by atoms with Gasteiger partial charge in [-0.25, -0.2) is 4.98 Å². The zero-order valence-corrected chi connectivity index (χ0v) is 16.4. The van der Waals surface area contributed by atoms with Gasteiger partial charge in [-0.2, -0.15) is 0 Å². The van der Waals surface area contributed by atoms with E-state index in [4.69, 9.17) is 0 Å². The zero-order chi connectivity index (χ0) is 18.7. The van der Waals surface area contributed by atoms with Gasteiger partial charge < -0.3 is 9.30 Å². The van der Waals surface area contributed by atoms with Crippen LogP contribution in [-0.4, -0.2) is 74.8 Å². The highest BCUT2D eigenvalue weighted by Crippen LogP contribution is 2.11. The van der Waals surface area contributed by atoms with E-state index in [-0.39, 0.29) is 18.0 Å². The molecule has 3 rings (SSSR count). The van der Waals surface area contributed by atoms with Crippen molar-refractivity contribution in [1.82, 2.24) is 24.1 Å². The van der Waals surface area contributed by atoms with Crippen molar-refractivity contribution in [3.8, 4) is 0 Å². The van der Waals surface area contributed by atoms with Crippen molar-refractivity contribution in [2.24, 2.45) is 0 Å². The van der Waals surface area contributed by atoms with Gasteiger partial charge >= 0.3 is 0 Å². The first-order chi connectivity index (χ1) is 12.4. The lowest BCUT2D eigenvalue weighted by molar-refractivity contribution is -0.136. The molecule has 26 heavy (non-hydrogen) atoms. The third-order valence-electron chi connectivity index (χ3n) is 5.02. The van der Waals surface area contributed by atoms with Crippen LogP contribution < -0.4 is 0 Å². The molecule has 0 bridgehead atoms. The Kier molecular flexibility index (Phi) is 5.94. The molecule has 1 amide bonds. The van der Waals surface area contributed by atoms with E-state index in [1.54, 1.807) is 0 Å². The highest BCUT2D eigenvalue weighted by molar-refractivity contribution is 5.78. The van der Waals surface area contributed by atoms with Crippen LogP contribution in [0, 0.1) is 0 Å². The molecule has 0 N–H and O–H groups in total. The van der Waals surface area contributed by atoms with Crippen LogP contribution in [-0.2, 0) is 11.3 Å². The second kappa shape index (κ2) is 8.18. The van der Waals surface area contributed by atoms with Gasteiger partial charge in [0, 0.05) is 57.2 Å². The number of nitrogens with zero attached hydrogens (tertiary/aromatic N) is 5. The summed E-state index contributed by atoms with van der Waals surface area (Å²) in [6.07, 6.45) is 4.14. The Bertz CT molecular complexity index is 690. The van der Waals surface area contributed by atoms with Crippen LogP contribution in [0.25, 0.3) is 5.65 Å². The van der Waals surface area contributed by atoms with Crippen LogP contribution in [0.3, 0.4) is 0 Å². The van der Waals surface area contributed by atoms with Gasteiger partial charge in [-0.05, 0) is 39.8 Å². The number of hydrogen-bond donors (Lipinski definition) is 0. The average molecular weight is 358 g/mol. The Morgan fingerprint density at radius 2 is 1.73 bits per heavy atom. The van der Waals surface area contributed by atoms with E-state index >= 15 is 0 Å². The molecule has 2 aromatic rings. The minimum atomic E-state index is 0.240. The van der Waals surface area contributed by atoms with Crippen molar-refractivity contribution in [3.05, 3.63) is 36.3 Å². The van der Waals surface area contributed by atoms with Crippen LogP contribution in [0.5, 0.6) is 0 Å². The van der Waals surface area contributed by atoms with Crippen molar-refractivity contribution in [2.45, 2.75) is 46.3 Å². The van der Waals surface area contributed by atoms with Gasteiger partial charge in [0.15, 0.2) is 0 Å².